The summed E-state index contributed by atoms with van der Waals surface area (Å²) >= 11 is 0. The summed E-state index contributed by atoms with van der Waals surface area (Å²) in [6, 6.07) is 5.35. The second-order valence-electron chi connectivity index (χ2n) is 4.94. The third-order valence-electron chi connectivity index (χ3n) is 3.60. The van der Waals surface area contributed by atoms with E-state index in [1.54, 1.807) is 12.1 Å². The molecule has 1 fully saturated rings. The number of nitrogens with zero attached hydrogens (tertiary/aromatic N) is 1. The van der Waals surface area contributed by atoms with Crippen molar-refractivity contribution in [2.24, 2.45) is 0 Å². The van der Waals surface area contributed by atoms with Crippen molar-refractivity contribution in [3.8, 4) is 0 Å². The zero-order chi connectivity index (χ0) is 14.5. The number of rotatable bonds is 5. The van der Waals surface area contributed by atoms with Crippen LogP contribution in [-0.4, -0.2) is 38.9 Å². The number of nitrogen functional groups attached to an aromatic ring is 1. The molecule has 1 atom stereocenters. The lowest BCUT2D eigenvalue weighted by atomic mass is 10.1. The molecule has 1 aliphatic rings. The molecule has 0 bridgehead atoms. The Hall–Kier alpha value is -1.75. The number of ether oxygens (including phenoxy) is 2. The van der Waals surface area contributed by atoms with Gasteiger partial charge in [0.15, 0.2) is 0 Å². The van der Waals surface area contributed by atoms with E-state index >= 15 is 0 Å². The smallest absolute Gasteiger partial charge is 0.340 e. The number of likely N-dealkylation sites (N-methyl/N-ethyl adjacent to an activating group) is 1. The van der Waals surface area contributed by atoms with Crippen LogP contribution in [0.1, 0.15) is 30.1 Å². The average Bonchev–Trinajstić information content (AvgIpc) is 2.97. The van der Waals surface area contributed by atoms with Crippen LogP contribution in [0.4, 0.5) is 11.4 Å². The molecule has 1 aromatic rings. The highest BCUT2D eigenvalue weighted by atomic mass is 16.5. The van der Waals surface area contributed by atoms with Crippen molar-refractivity contribution in [2.75, 3.05) is 37.4 Å². The third-order valence-corrected chi connectivity index (χ3v) is 3.60. The first-order chi connectivity index (χ1) is 9.65. The van der Waals surface area contributed by atoms with E-state index < -0.39 is 0 Å². The van der Waals surface area contributed by atoms with E-state index in [9.17, 15) is 4.79 Å². The van der Waals surface area contributed by atoms with Gasteiger partial charge in [0.25, 0.3) is 0 Å². The molecule has 1 heterocycles. The molecular weight excluding hydrogens is 256 g/mol. The molecule has 0 spiro atoms. The minimum atomic E-state index is -0.363. The number of carbonyl (C=O) groups excluding carboxylic acids is 1. The quantitative estimate of drug-likeness (QED) is 0.659. The van der Waals surface area contributed by atoms with Crippen molar-refractivity contribution in [3.05, 3.63) is 23.8 Å². The van der Waals surface area contributed by atoms with Gasteiger partial charge in [-0.3, -0.25) is 0 Å². The third kappa shape index (κ3) is 3.22. The first kappa shape index (κ1) is 14.7. The molecule has 0 aliphatic carbocycles. The Morgan fingerprint density at radius 2 is 2.35 bits per heavy atom. The summed E-state index contributed by atoms with van der Waals surface area (Å²) in [7, 11) is 1.38. The van der Waals surface area contributed by atoms with Gasteiger partial charge in [-0.2, -0.15) is 0 Å². The van der Waals surface area contributed by atoms with E-state index in [1.165, 1.54) is 7.11 Å². The van der Waals surface area contributed by atoms with Crippen LogP contribution in [0, 0.1) is 0 Å². The normalized spacial score (nSPS) is 18.0. The molecule has 0 aromatic heterocycles. The van der Waals surface area contributed by atoms with Gasteiger partial charge in [-0.1, -0.05) is 0 Å². The molecule has 0 radical (unpaired) electrons. The lowest BCUT2D eigenvalue weighted by Gasteiger charge is -2.27. The molecule has 110 valence electrons. The van der Waals surface area contributed by atoms with Gasteiger partial charge in [-0.25, -0.2) is 4.79 Å². The summed E-state index contributed by atoms with van der Waals surface area (Å²) < 4.78 is 10.5. The van der Waals surface area contributed by atoms with Crippen LogP contribution in [-0.2, 0) is 9.47 Å². The van der Waals surface area contributed by atoms with Gasteiger partial charge in [-0.05, 0) is 38.0 Å². The Bertz CT molecular complexity index is 470. The Morgan fingerprint density at radius 3 is 2.95 bits per heavy atom. The highest BCUT2D eigenvalue weighted by Gasteiger charge is 2.22. The Kier molecular flexibility index (Phi) is 4.84. The molecule has 1 unspecified atom stereocenters. The van der Waals surface area contributed by atoms with Gasteiger partial charge in [-0.15, -0.1) is 0 Å². The maximum absolute atomic E-state index is 11.9. The average molecular weight is 278 g/mol. The molecule has 1 aromatic carbocycles. The van der Waals surface area contributed by atoms with Crippen LogP contribution in [0.3, 0.4) is 0 Å². The first-order valence-electron chi connectivity index (χ1n) is 7.00. The largest absolute Gasteiger partial charge is 0.465 e. The zero-order valence-corrected chi connectivity index (χ0v) is 12.1. The van der Waals surface area contributed by atoms with Crippen molar-refractivity contribution in [3.63, 3.8) is 0 Å². The second kappa shape index (κ2) is 6.61. The lowest BCUT2D eigenvalue weighted by Crippen LogP contribution is -2.33. The summed E-state index contributed by atoms with van der Waals surface area (Å²) in [5.74, 6) is -0.363. The van der Waals surface area contributed by atoms with Crippen molar-refractivity contribution < 1.29 is 14.3 Å². The monoisotopic (exact) mass is 278 g/mol. The Balaban J connectivity index is 2.25. The van der Waals surface area contributed by atoms with Gasteiger partial charge in [0, 0.05) is 25.4 Å². The summed E-state index contributed by atoms with van der Waals surface area (Å²) in [6.45, 7) is 4.47. The number of hydrogen-bond acceptors (Lipinski definition) is 5. The molecule has 5 heteroatoms. The highest BCUT2D eigenvalue weighted by molar-refractivity contribution is 5.97. The first-order valence-corrected chi connectivity index (χ1v) is 7.00. The van der Waals surface area contributed by atoms with Crippen molar-refractivity contribution in [1.29, 1.82) is 0 Å². The fourth-order valence-electron chi connectivity index (χ4n) is 2.53. The van der Waals surface area contributed by atoms with Crippen molar-refractivity contribution >= 4 is 17.3 Å². The van der Waals surface area contributed by atoms with Crippen molar-refractivity contribution in [2.45, 2.75) is 25.9 Å². The number of esters is 1. The lowest BCUT2D eigenvalue weighted by molar-refractivity contribution is 0.0601. The number of anilines is 2. The zero-order valence-electron chi connectivity index (χ0n) is 12.1. The summed E-state index contributed by atoms with van der Waals surface area (Å²) in [6.07, 6.45) is 2.41. The highest BCUT2D eigenvalue weighted by Crippen LogP contribution is 2.25. The molecular formula is C15H22N2O3. The summed E-state index contributed by atoms with van der Waals surface area (Å²) in [5.41, 5.74) is 7.69. The molecule has 1 saturated heterocycles. The van der Waals surface area contributed by atoms with Crippen LogP contribution in [0.2, 0.25) is 0 Å². The number of nitrogens with two attached hydrogens (primary N) is 1. The number of carbonyl (C=O) groups is 1. The van der Waals surface area contributed by atoms with E-state index in [1.807, 2.05) is 6.07 Å². The molecule has 1 aliphatic heterocycles. The van der Waals surface area contributed by atoms with Crippen LogP contribution >= 0.6 is 0 Å². The van der Waals surface area contributed by atoms with Gasteiger partial charge >= 0.3 is 5.97 Å². The fourth-order valence-corrected chi connectivity index (χ4v) is 2.53. The predicted octanol–water partition coefficient (Wildman–Crippen LogP) is 2.06. The predicted molar refractivity (Wildman–Crippen MR) is 79.1 cm³/mol. The standard InChI is InChI=1S/C15H22N2O3/c1-3-17(10-12-5-4-8-20-12)14-7-6-11(16)9-13(14)15(18)19-2/h6-7,9,12H,3-5,8,10,16H2,1-2H3. The minimum Gasteiger partial charge on any atom is -0.465 e. The van der Waals surface area contributed by atoms with Gasteiger partial charge in [0.1, 0.15) is 0 Å². The fraction of sp³-hybridized carbons (Fsp3) is 0.533. The molecule has 2 N–H and O–H groups in total. The van der Waals surface area contributed by atoms with Gasteiger partial charge in [0.05, 0.1) is 24.5 Å². The van der Waals surface area contributed by atoms with E-state index in [0.29, 0.717) is 11.3 Å². The summed E-state index contributed by atoms with van der Waals surface area (Å²) in [5, 5.41) is 0. The maximum Gasteiger partial charge on any atom is 0.340 e. The second-order valence-corrected chi connectivity index (χ2v) is 4.94. The van der Waals surface area contributed by atoms with Crippen molar-refractivity contribution in [1.82, 2.24) is 0 Å². The number of benzene rings is 1. The molecule has 0 amide bonds. The molecule has 0 saturated carbocycles. The van der Waals surface area contributed by atoms with E-state index in [4.69, 9.17) is 15.2 Å². The van der Waals surface area contributed by atoms with Crippen LogP contribution in [0.15, 0.2) is 18.2 Å². The van der Waals surface area contributed by atoms with E-state index in [-0.39, 0.29) is 12.1 Å². The topological polar surface area (TPSA) is 64.8 Å². The maximum atomic E-state index is 11.9. The number of hydrogen-bond donors (Lipinski definition) is 1. The Labute approximate surface area is 119 Å². The van der Waals surface area contributed by atoms with Crippen LogP contribution < -0.4 is 10.6 Å². The van der Waals surface area contributed by atoms with E-state index in [2.05, 4.69) is 11.8 Å². The van der Waals surface area contributed by atoms with Gasteiger partial charge in [0.2, 0.25) is 0 Å². The number of methoxy groups -OCH3 is 1. The summed E-state index contributed by atoms with van der Waals surface area (Å²) in [4.78, 5) is 14.0. The molecule has 5 nitrogen and oxygen atoms in total. The SMILES string of the molecule is CCN(CC1CCCO1)c1ccc(N)cc1C(=O)OC. The van der Waals surface area contributed by atoms with Crippen LogP contribution in [0.25, 0.3) is 0 Å². The van der Waals surface area contributed by atoms with Crippen LogP contribution in [0.5, 0.6) is 0 Å². The minimum absolute atomic E-state index is 0.234. The van der Waals surface area contributed by atoms with Gasteiger partial charge < -0.3 is 20.1 Å². The van der Waals surface area contributed by atoms with E-state index in [0.717, 1.165) is 38.2 Å². The Morgan fingerprint density at radius 1 is 1.55 bits per heavy atom. The molecule has 2 rings (SSSR count). The molecule has 20 heavy (non-hydrogen) atoms.